The summed E-state index contributed by atoms with van der Waals surface area (Å²) in [7, 11) is 0. The molecular weight excluding hydrogens is 188 g/mol. The van der Waals surface area contributed by atoms with Crippen molar-refractivity contribution in [2.24, 2.45) is 0 Å². The largest absolute Gasteiger partial charge is 0.298 e. The third kappa shape index (κ3) is 0.988. The summed E-state index contributed by atoms with van der Waals surface area (Å²) in [6, 6.07) is 7.88. The molecule has 72 valence electrons. The Labute approximate surface area is 86.9 Å². The van der Waals surface area contributed by atoms with E-state index < -0.39 is 0 Å². The van der Waals surface area contributed by atoms with Crippen LogP contribution in [0.2, 0.25) is 0 Å². The van der Waals surface area contributed by atoms with E-state index in [-0.39, 0.29) is 5.78 Å². The van der Waals surface area contributed by atoms with Crippen molar-refractivity contribution >= 4 is 23.2 Å². The molecule has 0 spiro atoms. The van der Waals surface area contributed by atoms with Crippen LogP contribution in [0.4, 0.5) is 0 Å². The molecule has 0 amide bonds. The van der Waals surface area contributed by atoms with E-state index in [1.165, 1.54) is 6.08 Å². The van der Waals surface area contributed by atoms with Gasteiger partial charge >= 0.3 is 0 Å². The summed E-state index contributed by atoms with van der Waals surface area (Å²) in [5, 5.41) is 0. The van der Waals surface area contributed by atoms with Crippen molar-refractivity contribution in [2.45, 2.75) is 6.42 Å². The number of aldehydes is 1. The second kappa shape index (κ2) is 2.76. The van der Waals surface area contributed by atoms with Crippen LogP contribution in [-0.2, 0) is 9.59 Å². The maximum Gasteiger partial charge on any atom is 0.160 e. The van der Waals surface area contributed by atoms with Gasteiger partial charge in [0.2, 0.25) is 0 Å². The van der Waals surface area contributed by atoms with E-state index in [0.717, 1.165) is 28.6 Å². The predicted molar refractivity (Wildman–Crippen MR) is 57.0 cm³/mol. The Morgan fingerprint density at radius 2 is 1.87 bits per heavy atom. The lowest BCUT2D eigenvalue weighted by atomic mass is 9.72. The van der Waals surface area contributed by atoms with E-state index in [2.05, 4.69) is 0 Å². The van der Waals surface area contributed by atoms with Gasteiger partial charge in [0, 0.05) is 12.0 Å². The lowest BCUT2D eigenvalue weighted by Crippen LogP contribution is -2.16. The maximum absolute atomic E-state index is 11.4. The van der Waals surface area contributed by atoms with Crippen LogP contribution >= 0.6 is 0 Å². The Hall–Kier alpha value is -1.96. The fourth-order valence-electron chi connectivity index (χ4n) is 2.28. The highest BCUT2D eigenvalue weighted by Gasteiger charge is 2.31. The zero-order valence-electron chi connectivity index (χ0n) is 7.99. The molecular formula is C13H8O2. The van der Waals surface area contributed by atoms with Crippen molar-refractivity contribution in [3.63, 3.8) is 0 Å². The highest BCUT2D eigenvalue weighted by Crippen LogP contribution is 2.47. The van der Waals surface area contributed by atoms with Gasteiger partial charge in [0.15, 0.2) is 12.1 Å². The molecule has 0 unspecified atom stereocenters. The van der Waals surface area contributed by atoms with Gasteiger partial charge in [0.05, 0.1) is 0 Å². The van der Waals surface area contributed by atoms with Crippen LogP contribution in [0.1, 0.15) is 17.5 Å². The van der Waals surface area contributed by atoms with Crippen molar-refractivity contribution in [1.82, 2.24) is 0 Å². The number of benzene rings is 1. The van der Waals surface area contributed by atoms with Crippen molar-refractivity contribution in [1.29, 1.82) is 0 Å². The summed E-state index contributed by atoms with van der Waals surface area (Å²) in [6.07, 6.45) is 2.65. The zero-order valence-corrected chi connectivity index (χ0v) is 7.99. The SMILES string of the molecule is O=CC1=CC(=O)CC2=C1c1ccccc12. The van der Waals surface area contributed by atoms with Crippen molar-refractivity contribution < 1.29 is 9.59 Å². The molecule has 0 aromatic heterocycles. The zero-order chi connectivity index (χ0) is 10.4. The van der Waals surface area contributed by atoms with Crippen molar-refractivity contribution in [2.75, 3.05) is 0 Å². The molecule has 2 aliphatic carbocycles. The fourth-order valence-corrected chi connectivity index (χ4v) is 2.28. The molecule has 0 N–H and O–H groups in total. The normalized spacial score (nSPS) is 17.6. The second-order valence-corrected chi connectivity index (χ2v) is 3.76. The lowest BCUT2D eigenvalue weighted by molar-refractivity contribution is -0.114. The van der Waals surface area contributed by atoms with Crippen LogP contribution in [0.3, 0.4) is 0 Å². The van der Waals surface area contributed by atoms with Gasteiger partial charge in [-0.3, -0.25) is 9.59 Å². The monoisotopic (exact) mass is 196 g/mol. The number of hydrogen-bond acceptors (Lipinski definition) is 2. The smallest absolute Gasteiger partial charge is 0.160 e. The summed E-state index contributed by atoms with van der Waals surface area (Å²) in [5.74, 6) is 0.0188. The molecule has 2 aliphatic rings. The van der Waals surface area contributed by atoms with E-state index in [9.17, 15) is 9.59 Å². The van der Waals surface area contributed by atoms with Gasteiger partial charge in [0.25, 0.3) is 0 Å². The molecule has 15 heavy (non-hydrogen) atoms. The number of carbonyl (C=O) groups excluding carboxylic acids is 2. The molecule has 0 radical (unpaired) electrons. The Morgan fingerprint density at radius 3 is 2.60 bits per heavy atom. The van der Waals surface area contributed by atoms with Gasteiger partial charge in [-0.15, -0.1) is 0 Å². The molecule has 1 aromatic rings. The predicted octanol–water partition coefficient (Wildman–Crippen LogP) is 2.01. The van der Waals surface area contributed by atoms with Gasteiger partial charge in [-0.1, -0.05) is 24.3 Å². The van der Waals surface area contributed by atoms with Crippen LogP contribution < -0.4 is 0 Å². The Balaban J connectivity index is 2.19. The Kier molecular flexibility index (Phi) is 1.54. The summed E-state index contributed by atoms with van der Waals surface area (Å²) in [4.78, 5) is 22.2. The molecule has 0 saturated carbocycles. The van der Waals surface area contributed by atoms with Crippen molar-refractivity contribution in [3.8, 4) is 0 Å². The number of carbonyl (C=O) groups is 2. The van der Waals surface area contributed by atoms with E-state index in [0.29, 0.717) is 12.0 Å². The molecule has 2 nitrogen and oxygen atoms in total. The quantitative estimate of drug-likeness (QED) is 0.644. The first-order valence-corrected chi connectivity index (χ1v) is 4.84. The molecule has 0 aliphatic heterocycles. The highest BCUT2D eigenvalue weighted by atomic mass is 16.1. The second-order valence-electron chi connectivity index (χ2n) is 3.76. The Bertz CT molecular complexity index is 547. The van der Waals surface area contributed by atoms with Crippen molar-refractivity contribution in [3.05, 3.63) is 47.0 Å². The van der Waals surface area contributed by atoms with Crippen LogP contribution in [0.25, 0.3) is 11.1 Å². The minimum Gasteiger partial charge on any atom is -0.298 e. The minimum absolute atomic E-state index is 0.0188. The number of fused-ring (bicyclic) bond motifs is 3. The molecule has 0 fully saturated rings. The van der Waals surface area contributed by atoms with Gasteiger partial charge < -0.3 is 0 Å². The molecule has 1 aromatic carbocycles. The molecule has 0 heterocycles. The first kappa shape index (κ1) is 8.36. The number of ketones is 1. The molecule has 2 heteroatoms. The average molecular weight is 196 g/mol. The van der Waals surface area contributed by atoms with Crippen LogP contribution in [0.5, 0.6) is 0 Å². The number of allylic oxidation sites excluding steroid dienone is 4. The van der Waals surface area contributed by atoms with Gasteiger partial charge in [-0.25, -0.2) is 0 Å². The van der Waals surface area contributed by atoms with Crippen LogP contribution in [-0.4, -0.2) is 12.1 Å². The third-order valence-corrected chi connectivity index (χ3v) is 2.91. The lowest BCUT2D eigenvalue weighted by Gasteiger charge is -2.30. The minimum atomic E-state index is 0.0188. The van der Waals surface area contributed by atoms with Gasteiger partial charge in [-0.05, 0) is 28.3 Å². The average Bonchev–Trinajstić information content (AvgIpc) is 2.25. The molecule has 0 saturated heterocycles. The van der Waals surface area contributed by atoms with E-state index >= 15 is 0 Å². The summed E-state index contributed by atoms with van der Waals surface area (Å²) < 4.78 is 0. The standard InChI is InChI=1S/C13H8O2/c14-7-8-5-9(15)6-12-10-3-1-2-4-11(10)13(8)12/h1-5,7H,6H2. The molecule has 0 bridgehead atoms. The molecule has 0 atom stereocenters. The number of hydrogen-bond donors (Lipinski definition) is 0. The van der Waals surface area contributed by atoms with Gasteiger partial charge in [0.1, 0.15) is 0 Å². The third-order valence-electron chi connectivity index (χ3n) is 2.91. The number of rotatable bonds is 1. The van der Waals surface area contributed by atoms with Crippen LogP contribution in [0.15, 0.2) is 35.9 Å². The fraction of sp³-hybridized carbons (Fsp3) is 0.0769. The van der Waals surface area contributed by atoms with E-state index in [1.54, 1.807) is 0 Å². The van der Waals surface area contributed by atoms with E-state index in [4.69, 9.17) is 0 Å². The maximum atomic E-state index is 11.4. The summed E-state index contributed by atoms with van der Waals surface area (Å²) >= 11 is 0. The summed E-state index contributed by atoms with van der Waals surface area (Å²) in [5.41, 5.74) is 4.74. The first-order chi connectivity index (χ1) is 7.31. The van der Waals surface area contributed by atoms with E-state index in [1.807, 2.05) is 24.3 Å². The molecule has 3 rings (SSSR count). The highest BCUT2D eigenvalue weighted by molar-refractivity contribution is 6.25. The Morgan fingerprint density at radius 1 is 1.13 bits per heavy atom. The van der Waals surface area contributed by atoms with Gasteiger partial charge in [-0.2, -0.15) is 0 Å². The topological polar surface area (TPSA) is 34.1 Å². The summed E-state index contributed by atoms with van der Waals surface area (Å²) in [6.45, 7) is 0. The first-order valence-electron chi connectivity index (χ1n) is 4.84. The van der Waals surface area contributed by atoms with Crippen LogP contribution in [0, 0.1) is 0 Å².